The van der Waals surface area contributed by atoms with Gasteiger partial charge in [0.2, 0.25) is 0 Å². The summed E-state index contributed by atoms with van der Waals surface area (Å²) in [6, 6.07) is 11.1. The lowest BCUT2D eigenvalue weighted by atomic mass is 10.00. The number of anilines is 1. The van der Waals surface area contributed by atoms with E-state index >= 15 is 0 Å². The quantitative estimate of drug-likeness (QED) is 0.647. The third kappa shape index (κ3) is 2.17. The molecule has 0 fully saturated rings. The molecule has 0 aliphatic rings. The van der Waals surface area contributed by atoms with Gasteiger partial charge in [-0.05, 0) is 24.1 Å². The third-order valence-electron chi connectivity index (χ3n) is 2.74. The molecule has 3 heteroatoms. The topological polar surface area (TPSA) is 43.1 Å². The highest BCUT2D eigenvalue weighted by Crippen LogP contribution is 2.32. The summed E-state index contributed by atoms with van der Waals surface area (Å²) >= 11 is 6.16. The van der Waals surface area contributed by atoms with E-state index in [9.17, 15) is 4.79 Å². The van der Waals surface area contributed by atoms with Crippen LogP contribution in [0.15, 0.2) is 36.4 Å². The van der Waals surface area contributed by atoms with E-state index < -0.39 is 0 Å². The van der Waals surface area contributed by atoms with Gasteiger partial charge in [0.05, 0.1) is 10.7 Å². The number of hydrogen-bond donors (Lipinski definition) is 1. The molecule has 2 nitrogen and oxygen atoms in total. The van der Waals surface area contributed by atoms with E-state index in [1.54, 1.807) is 12.1 Å². The van der Waals surface area contributed by atoms with Crippen molar-refractivity contribution in [1.82, 2.24) is 0 Å². The second kappa shape index (κ2) is 4.60. The van der Waals surface area contributed by atoms with Gasteiger partial charge in [0.15, 0.2) is 0 Å². The van der Waals surface area contributed by atoms with Crippen LogP contribution in [0.25, 0.3) is 11.1 Å². The molecular formula is C14H12ClNO. The van der Waals surface area contributed by atoms with Crippen LogP contribution in [0.4, 0.5) is 5.69 Å². The Morgan fingerprint density at radius 3 is 2.65 bits per heavy atom. The fourth-order valence-corrected chi connectivity index (χ4v) is 1.98. The molecule has 17 heavy (non-hydrogen) atoms. The SMILES string of the molecule is Cc1cc(-c2cccc(N)c2Cl)ccc1C=O. The average molecular weight is 246 g/mol. The minimum atomic E-state index is 0.547. The monoisotopic (exact) mass is 245 g/mol. The maximum Gasteiger partial charge on any atom is 0.150 e. The van der Waals surface area contributed by atoms with E-state index in [-0.39, 0.29) is 0 Å². The zero-order valence-corrected chi connectivity index (χ0v) is 10.2. The number of aryl methyl sites for hydroxylation is 1. The number of aldehydes is 1. The molecule has 0 aliphatic carbocycles. The highest BCUT2D eigenvalue weighted by molar-refractivity contribution is 6.35. The first-order chi connectivity index (χ1) is 8.13. The molecule has 2 rings (SSSR count). The smallest absolute Gasteiger partial charge is 0.150 e. The van der Waals surface area contributed by atoms with Gasteiger partial charge in [-0.15, -0.1) is 0 Å². The maximum atomic E-state index is 10.8. The summed E-state index contributed by atoms with van der Waals surface area (Å²) in [4.78, 5) is 10.8. The second-order valence-electron chi connectivity index (χ2n) is 3.90. The summed E-state index contributed by atoms with van der Waals surface area (Å²) in [7, 11) is 0. The van der Waals surface area contributed by atoms with Gasteiger partial charge in [0.1, 0.15) is 6.29 Å². The standard InChI is InChI=1S/C14H12ClNO/c1-9-7-10(5-6-11(9)8-17)12-3-2-4-13(16)14(12)15/h2-8H,16H2,1H3. The van der Waals surface area contributed by atoms with Gasteiger partial charge < -0.3 is 5.73 Å². The van der Waals surface area contributed by atoms with Crippen molar-refractivity contribution in [2.45, 2.75) is 6.92 Å². The molecule has 0 atom stereocenters. The molecule has 0 amide bonds. The molecule has 0 saturated heterocycles. The second-order valence-corrected chi connectivity index (χ2v) is 4.28. The Bertz CT molecular complexity index is 578. The number of carbonyl (C=O) groups excluding carboxylic acids is 1. The Labute approximate surface area is 105 Å². The van der Waals surface area contributed by atoms with Crippen molar-refractivity contribution in [3.8, 4) is 11.1 Å². The zero-order valence-electron chi connectivity index (χ0n) is 9.41. The highest BCUT2D eigenvalue weighted by Gasteiger charge is 2.07. The van der Waals surface area contributed by atoms with Crippen molar-refractivity contribution in [2.75, 3.05) is 5.73 Å². The Morgan fingerprint density at radius 1 is 1.24 bits per heavy atom. The van der Waals surface area contributed by atoms with Gasteiger partial charge in [-0.25, -0.2) is 0 Å². The molecule has 0 saturated carbocycles. The van der Waals surface area contributed by atoms with Crippen LogP contribution in [0.5, 0.6) is 0 Å². The summed E-state index contributed by atoms with van der Waals surface area (Å²) in [5, 5.41) is 0.547. The van der Waals surface area contributed by atoms with Crippen molar-refractivity contribution >= 4 is 23.6 Å². The first-order valence-electron chi connectivity index (χ1n) is 5.23. The molecule has 2 aromatic rings. The third-order valence-corrected chi connectivity index (χ3v) is 3.16. The normalized spacial score (nSPS) is 10.2. The molecule has 0 spiro atoms. The summed E-state index contributed by atoms with van der Waals surface area (Å²) in [5.41, 5.74) is 9.78. The molecule has 0 radical (unpaired) electrons. The molecule has 2 N–H and O–H groups in total. The van der Waals surface area contributed by atoms with E-state index in [1.165, 1.54) is 0 Å². The number of carbonyl (C=O) groups is 1. The zero-order chi connectivity index (χ0) is 12.4. The van der Waals surface area contributed by atoms with Crippen LogP contribution in [0, 0.1) is 6.92 Å². The van der Waals surface area contributed by atoms with E-state index in [0.717, 1.165) is 23.0 Å². The lowest BCUT2D eigenvalue weighted by Crippen LogP contribution is -1.91. The van der Waals surface area contributed by atoms with Crippen molar-refractivity contribution < 1.29 is 4.79 Å². The molecular weight excluding hydrogens is 234 g/mol. The van der Waals surface area contributed by atoms with Gasteiger partial charge >= 0.3 is 0 Å². The van der Waals surface area contributed by atoms with Gasteiger partial charge in [-0.2, -0.15) is 0 Å². The van der Waals surface area contributed by atoms with Gasteiger partial charge in [-0.3, -0.25) is 4.79 Å². The molecule has 0 aromatic heterocycles. The van der Waals surface area contributed by atoms with Crippen LogP contribution in [0.1, 0.15) is 15.9 Å². The van der Waals surface area contributed by atoms with Crippen molar-refractivity contribution in [1.29, 1.82) is 0 Å². The average Bonchev–Trinajstić information content (AvgIpc) is 2.32. The Kier molecular flexibility index (Phi) is 3.16. The van der Waals surface area contributed by atoms with E-state index in [0.29, 0.717) is 16.3 Å². The van der Waals surface area contributed by atoms with Crippen LogP contribution >= 0.6 is 11.6 Å². The highest BCUT2D eigenvalue weighted by atomic mass is 35.5. The minimum Gasteiger partial charge on any atom is -0.398 e. The van der Waals surface area contributed by atoms with Crippen LogP contribution in [0.3, 0.4) is 0 Å². The fourth-order valence-electron chi connectivity index (χ4n) is 1.75. The predicted molar refractivity (Wildman–Crippen MR) is 71.4 cm³/mol. The van der Waals surface area contributed by atoms with Crippen molar-refractivity contribution in [3.05, 3.63) is 52.5 Å². The molecule has 2 aromatic carbocycles. The lowest BCUT2D eigenvalue weighted by Gasteiger charge is -2.08. The van der Waals surface area contributed by atoms with Crippen LogP contribution < -0.4 is 5.73 Å². The minimum absolute atomic E-state index is 0.547. The summed E-state index contributed by atoms with van der Waals surface area (Å²) in [5.74, 6) is 0. The largest absolute Gasteiger partial charge is 0.398 e. The van der Waals surface area contributed by atoms with E-state index in [4.69, 9.17) is 17.3 Å². The first-order valence-corrected chi connectivity index (χ1v) is 5.61. The van der Waals surface area contributed by atoms with E-state index in [1.807, 2.05) is 31.2 Å². The maximum absolute atomic E-state index is 10.8. The van der Waals surface area contributed by atoms with Crippen LogP contribution in [-0.2, 0) is 0 Å². The predicted octanol–water partition coefficient (Wildman–Crippen LogP) is 3.71. The van der Waals surface area contributed by atoms with Crippen LogP contribution in [0.2, 0.25) is 5.02 Å². The van der Waals surface area contributed by atoms with Gasteiger partial charge in [0, 0.05) is 11.1 Å². The first kappa shape index (κ1) is 11.7. The van der Waals surface area contributed by atoms with Gasteiger partial charge in [-0.1, -0.05) is 41.9 Å². The Hall–Kier alpha value is -1.80. The number of hydrogen-bond acceptors (Lipinski definition) is 2. The van der Waals surface area contributed by atoms with Crippen molar-refractivity contribution in [2.24, 2.45) is 0 Å². The molecule has 86 valence electrons. The van der Waals surface area contributed by atoms with Crippen LogP contribution in [-0.4, -0.2) is 6.29 Å². The summed E-state index contributed by atoms with van der Waals surface area (Å²) in [6.45, 7) is 1.90. The Morgan fingerprint density at radius 2 is 2.00 bits per heavy atom. The number of rotatable bonds is 2. The summed E-state index contributed by atoms with van der Waals surface area (Å²) < 4.78 is 0. The van der Waals surface area contributed by atoms with E-state index in [2.05, 4.69) is 0 Å². The Balaban J connectivity index is 2.57. The number of benzene rings is 2. The number of nitrogens with two attached hydrogens (primary N) is 1. The fraction of sp³-hybridized carbons (Fsp3) is 0.0714. The van der Waals surface area contributed by atoms with Gasteiger partial charge in [0.25, 0.3) is 0 Å². The lowest BCUT2D eigenvalue weighted by molar-refractivity contribution is 0.112. The summed E-state index contributed by atoms with van der Waals surface area (Å²) in [6.07, 6.45) is 0.847. The number of halogens is 1. The van der Waals surface area contributed by atoms with Crippen molar-refractivity contribution in [3.63, 3.8) is 0 Å². The molecule has 0 aliphatic heterocycles. The molecule has 0 unspecified atom stereocenters. The number of nitrogen functional groups attached to an aromatic ring is 1. The molecule has 0 bridgehead atoms. The molecule has 0 heterocycles.